The normalized spacial score (nSPS) is 11.7. The molecule has 6 heteroatoms. The van der Waals surface area contributed by atoms with E-state index in [-0.39, 0.29) is 5.91 Å². The van der Waals surface area contributed by atoms with Gasteiger partial charge in [-0.1, -0.05) is 18.2 Å². The molecule has 1 heterocycles. The van der Waals surface area contributed by atoms with Crippen LogP contribution in [0.4, 0.5) is 5.82 Å². The number of aromatic nitrogens is 2. The molecule has 0 unspecified atom stereocenters. The second kappa shape index (κ2) is 8.61. The molecule has 0 saturated heterocycles. The highest BCUT2D eigenvalue weighted by molar-refractivity contribution is 5.93. The smallest absolute Gasteiger partial charge is 0.266 e. The highest BCUT2D eigenvalue weighted by Gasteiger charge is 2.17. The van der Waals surface area contributed by atoms with Crippen molar-refractivity contribution in [2.45, 2.75) is 33.4 Å². The second-order valence-electron chi connectivity index (χ2n) is 6.79. The largest absolute Gasteiger partial charge is 0.497 e. The number of anilines is 1. The average molecular weight is 379 g/mol. The molecule has 28 heavy (non-hydrogen) atoms. The molecule has 0 bridgehead atoms. The van der Waals surface area contributed by atoms with Crippen molar-refractivity contribution in [3.8, 4) is 11.5 Å². The molecule has 1 aromatic heterocycles. The first-order valence-corrected chi connectivity index (χ1v) is 9.15. The Morgan fingerprint density at radius 2 is 1.75 bits per heavy atom. The molecular weight excluding hydrogens is 354 g/mol. The summed E-state index contributed by atoms with van der Waals surface area (Å²) in [5.74, 6) is 1.88. The number of carbonyl (C=O) groups is 1. The number of methoxy groups -OCH3 is 1. The summed E-state index contributed by atoms with van der Waals surface area (Å²) in [5.41, 5.74) is 3.25. The van der Waals surface area contributed by atoms with Gasteiger partial charge in [0.15, 0.2) is 6.10 Å². The minimum Gasteiger partial charge on any atom is -0.497 e. The van der Waals surface area contributed by atoms with Crippen molar-refractivity contribution in [1.82, 2.24) is 9.78 Å². The number of rotatable bonds is 7. The predicted octanol–water partition coefficient (Wildman–Crippen LogP) is 3.96. The summed E-state index contributed by atoms with van der Waals surface area (Å²) in [6.45, 7) is 6.28. The zero-order chi connectivity index (χ0) is 20.1. The fraction of sp³-hybridized carbons (Fsp3) is 0.273. The van der Waals surface area contributed by atoms with Gasteiger partial charge in [-0.25, -0.2) is 4.68 Å². The van der Waals surface area contributed by atoms with Crippen LogP contribution >= 0.6 is 0 Å². The lowest BCUT2D eigenvalue weighted by Crippen LogP contribution is -2.31. The quantitative estimate of drug-likeness (QED) is 0.675. The van der Waals surface area contributed by atoms with Gasteiger partial charge >= 0.3 is 0 Å². The van der Waals surface area contributed by atoms with Crippen LogP contribution in [-0.4, -0.2) is 28.9 Å². The number of amides is 1. The van der Waals surface area contributed by atoms with Crippen LogP contribution in [0, 0.1) is 13.8 Å². The summed E-state index contributed by atoms with van der Waals surface area (Å²) in [4.78, 5) is 12.6. The lowest BCUT2D eigenvalue weighted by atomic mass is 10.1. The Kier molecular flexibility index (Phi) is 5.99. The van der Waals surface area contributed by atoms with Crippen LogP contribution < -0.4 is 14.8 Å². The minimum atomic E-state index is -0.634. The van der Waals surface area contributed by atoms with Crippen LogP contribution in [0.15, 0.2) is 54.7 Å². The lowest BCUT2D eigenvalue weighted by molar-refractivity contribution is -0.122. The summed E-state index contributed by atoms with van der Waals surface area (Å²) < 4.78 is 12.7. The van der Waals surface area contributed by atoms with E-state index >= 15 is 0 Å². The Balaban J connectivity index is 1.64. The van der Waals surface area contributed by atoms with E-state index in [2.05, 4.69) is 16.5 Å². The minimum absolute atomic E-state index is 0.226. The molecule has 0 spiro atoms. The molecule has 1 amide bonds. The Morgan fingerprint density at radius 3 is 2.39 bits per heavy atom. The molecule has 0 fully saturated rings. The van der Waals surface area contributed by atoms with Crippen molar-refractivity contribution in [2.75, 3.05) is 12.4 Å². The first-order chi connectivity index (χ1) is 13.4. The highest BCUT2D eigenvalue weighted by Crippen LogP contribution is 2.19. The molecule has 6 nitrogen and oxygen atoms in total. The third kappa shape index (κ3) is 4.91. The molecule has 0 aliphatic heterocycles. The van der Waals surface area contributed by atoms with Gasteiger partial charge in [0, 0.05) is 6.07 Å². The Bertz CT molecular complexity index is 928. The third-order valence-electron chi connectivity index (χ3n) is 4.34. The first-order valence-electron chi connectivity index (χ1n) is 9.15. The van der Waals surface area contributed by atoms with E-state index in [0.29, 0.717) is 18.1 Å². The number of ether oxygens (including phenoxy) is 2. The van der Waals surface area contributed by atoms with Gasteiger partial charge < -0.3 is 14.8 Å². The number of carbonyl (C=O) groups excluding carboxylic acids is 1. The van der Waals surface area contributed by atoms with E-state index in [1.807, 2.05) is 50.2 Å². The number of hydrogen-bond acceptors (Lipinski definition) is 4. The number of benzene rings is 2. The monoisotopic (exact) mass is 379 g/mol. The van der Waals surface area contributed by atoms with Gasteiger partial charge in [0.1, 0.15) is 17.3 Å². The van der Waals surface area contributed by atoms with E-state index in [1.54, 1.807) is 31.0 Å². The van der Waals surface area contributed by atoms with Crippen LogP contribution in [0.3, 0.4) is 0 Å². The van der Waals surface area contributed by atoms with Crippen LogP contribution in [0.2, 0.25) is 0 Å². The maximum atomic E-state index is 12.6. The summed E-state index contributed by atoms with van der Waals surface area (Å²) in [6.07, 6.45) is 1.03. The Morgan fingerprint density at radius 1 is 1.07 bits per heavy atom. The zero-order valence-corrected chi connectivity index (χ0v) is 16.6. The molecule has 0 radical (unpaired) electrons. The molecule has 0 saturated carbocycles. The SMILES string of the molecule is COc1ccc(Cn2nccc2NC(=O)[C@H](C)Oc2cc(C)cc(C)c2)cc1. The van der Waals surface area contributed by atoms with Gasteiger partial charge in [-0.05, 0) is 61.7 Å². The fourth-order valence-electron chi connectivity index (χ4n) is 2.96. The fourth-order valence-corrected chi connectivity index (χ4v) is 2.96. The molecular formula is C22H25N3O3. The van der Waals surface area contributed by atoms with Crippen molar-refractivity contribution in [3.63, 3.8) is 0 Å². The topological polar surface area (TPSA) is 65.4 Å². The van der Waals surface area contributed by atoms with Crippen molar-refractivity contribution >= 4 is 11.7 Å². The molecule has 146 valence electrons. The van der Waals surface area contributed by atoms with Crippen LogP contribution in [0.1, 0.15) is 23.6 Å². The van der Waals surface area contributed by atoms with Crippen molar-refractivity contribution in [1.29, 1.82) is 0 Å². The average Bonchev–Trinajstić information content (AvgIpc) is 3.08. The molecule has 0 aliphatic rings. The van der Waals surface area contributed by atoms with E-state index < -0.39 is 6.10 Å². The van der Waals surface area contributed by atoms with Gasteiger partial charge in [0.25, 0.3) is 5.91 Å². The van der Waals surface area contributed by atoms with Gasteiger partial charge in [-0.3, -0.25) is 4.79 Å². The molecule has 3 rings (SSSR count). The maximum Gasteiger partial charge on any atom is 0.266 e. The summed E-state index contributed by atoms with van der Waals surface area (Å²) in [5, 5.41) is 7.20. The van der Waals surface area contributed by atoms with Gasteiger partial charge in [-0.15, -0.1) is 0 Å². The summed E-state index contributed by atoms with van der Waals surface area (Å²) in [6, 6.07) is 15.4. The van der Waals surface area contributed by atoms with Crippen molar-refractivity contribution < 1.29 is 14.3 Å². The van der Waals surface area contributed by atoms with Gasteiger partial charge in [-0.2, -0.15) is 5.10 Å². The molecule has 1 atom stereocenters. The Hall–Kier alpha value is -3.28. The van der Waals surface area contributed by atoms with Gasteiger partial charge in [0.05, 0.1) is 19.9 Å². The molecule has 2 aromatic carbocycles. The standard InChI is InChI=1S/C22H25N3O3/c1-15-11-16(2)13-20(12-15)28-17(3)22(26)24-21-9-10-23-25(21)14-18-5-7-19(27-4)8-6-18/h5-13,17H,14H2,1-4H3,(H,24,26)/t17-/m0/s1. The molecule has 0 aliphatic carbocycles. The molecule has 3 aromatic rings. The number of hydrogen-bond donors (Lipinski definition) is 1. The molecule has 1 N–H and O–H groups in total. The maximum absolute atomic E-state index is 12.6. The van der Waals surface area contributed by atoms with E-state index in [9.17, 15) is 4.79 Å². The van der Waals surface area contributed by atoms with Gasteiger partial charge in [0.2, 0.25) is 0 Å². The number of nitrogens with zero attached hydrogens (tertiary/aromatic N) is 2. The lowest BCUT2D eigenvalue weighted by Gasteiger charge is -2.16. The van der Waals surface area contributed by atoms with Crippen LogP contribution in [0.25, 0.3) is 0 Å². The first kappa shape index (κ1) is 19.5. The van der Waals surface area contributed by atoms with E-state index in [4.69, 9.17) is 9.47 Å². The zero-order valence-electron chi connectivity index (χ0n) is 16.6. The van der Waals surface area contributed by atoms with E-state index in [0.717, 1.165) is 22.4 Å². The van der Waals surface area contributed by atoms with Crippen molar-refractivity contribution in [3.05, 3.63) is 71.4 Å². The number of nitrogens with one attached hydrogen (secondary N) is 1. The van der Waals surface area contributed by atoms with Crippen LogP contribution in [-0.2, 0) is 11.3 Å². The Labute approximate surface area is 165 Å². The highest BCUT2D eigenvalue weighted by atomic mass is 16.5. The van der Waals surface area contributed by atoms with Crippen LogP contribution in [0.5, 0.6) is 11.5 Å². The van der Waals surface area contributed by atoms with E-state index in [1.165, 1.54) is 0 Å². The van der Waals surface area contributed by atoms with Crippen molar-refractivity contribution in [2.24, 2.45) is 0 Å². The number of aryl methyl sites for hydroxylation is 2. The summed E-state index contributed by atoms with van der Waals surface area (Å²) in [7, 11) is 1.64. The third-order valence-corrected chi connectivity index (χ3v) is 4.34. The summed E-state index contributed by atoms with van der Waals surface area (Å²) >= 11 is 0. The predicted molar refractivity (Wildman–Crippen MR) is 109 cm³/mol. The second-order valence-corrected chi connectivity index (χ2v) is 6.79.